The monoisotopic (exact) mass is 422 g/mol. The number of anilines is 1. The van der Waals surface area contributed by atoms with Gasteiger partial charge in [-0.2, -0.15) is 0 Å². The molecule has 5 heteroatoms. The zero-order chi connectivity index (χ0) is 21.3. The van der Waals surface area contributed by atoms with E-state index in [-0.39, 0.29) is 0 Å². The predicted molar refractivity (Wildman–Crippen MR) is 131 cm³/mol. The number of nitrogens with one attached hydrogen (secondary N) is 1. The summed E-state index contributed by atoms with van der Waals surface area (Å²) < 4.78 is 4.27. The van der Waals surface area contributed by atoms with Gasteiger partial charge in [-0.05, 0) is 53.4 Å². The summed E-state index contributed by atoms with van der Waals surface area (Å²) in [6, 6.07) is 11.2. The van der Waals surface area contributed by atoms with Crippen molar-refractivity contribution in [1.82, 2.24) is 5.32 Å². The van der Waals surface area contributed by atoms with Crippen molar-refractivity contribution in [3.63, 3.8) is 0 Å². The summed E-state index contributed by atoms with van der Waals surface area (Å²) in [6.45, 7) is 5.99. The van der Waals surface area contributed by atoms with Crippen LogP contribution in [0.15, 0.2) is 55.5 Å². The number of nitrogens with zero attached hydrogens (tertiary/aromatic N) is 3. The van der Waals surface area contributed by atoms with Gasteiger partial charge in [-0.15, -0.1) is 0 Å². The first-order chi connectivity index (χ1) is 14.6. The van der Waals surface area contributed by atoms with Crippen LogP contribution >= 0.6 is 11.8 Å². The number of fused-ring (bicyclic) bond motifs is 1. The Morgan fingerprint density at radius 3 is 2.73 bits per heavy atom. The van der Waals surface area contributed by atoms with E-state index < -0.39 is 0 Å². The molecular weight excluding hydrogens is 388 g/mol. The SMILES string of the molecule is C=C[N+](C)=C(NC)SCCC[n+]1ccc(/C=C/c2ccc3c(c2)CCCN3C)cc1. The van der Waals surface area contributed by atoms with Gasteiger partial charge in [0.15, 0.2) is 12.4 Å². The second kappa shape index (κ2) is 11.0. The van der Waals surface area contributed by atoms with Crippen LogP contribution in [0.25, 0.3) is 12.2 Å². The van der Waals surface area contributed by atoms with Crippen LogP contribution in [-0.4, -0.2) is 43.2 Å². The number of pyridine rings is 1. The van der Waals surface area contributed by atoms with E-state index in [1.54, 1.807) is 0 Å². The van der Waals surface area contributed by atoms with Gasteiger partial charge in [-0.25, -0.2) is 9.14 Å². The molecule has 2 heterocycles. The molecular formula is C25H34N4S+2. The van der Waals surface area contributed by atoms with E-state index in [2.05, 4.69) is 83.3 Å². The molecule has 0 saturated heterocycles. The van der Waals surface area contributed by atoms with E-state index in [1.807, 2.05) is 36.6 Å². The topological polar surface area (TPSA) is 22.2 Å². The lowest BCUT2D eigenvalue weighted by Crippen LogP contribution is -2.33. The maximum Gasteiger partial charge on any atom is 0.310 e. The van der Waals surface area contributed by atoms with Crippen LogP contribution in [0, 0.1) is 0 Å². The fourth-order valence-corrected chi connectivity index (χ4v) is 4.57. The molecule has 3 rings (SSSR count). The molecule has 1 aliphatic rings. The number of hydrogen-bond acceptors (Lipinski definition) is 2. The van der Waals surface area contributed by atoms with Gasteiger partial charge in [0, 0.05) is 43.6 Å². The molecule has 0 fully saturated rings. The summed E-state index contributed by atoms with van der Waals surface area (Å²) in [7, 11) is 6.14. The number of aromatic nitrogens is 1. The highest BCUT2D eigenvalue weighted by atomic mass is 32.2. The quantitative estimate of drug-likeness (QED) is 0.315. The van der Waals surface area contributed by atoms with Gasteiger partial charge in [0.2, 0.25) is 0 Å². The highest BCUT2D eigenvalue weighted by Crippen LogP contribution is 2.27. The molecule has 0 radical (unpaired) electrons. The summed E-state index contributed by atoms with van der Waals surface area (Å²) in [4.78, 5) is 2.36. The second-order valence-electron chi connectivity index (χ2n) is 7.67. The van der Waals surface area contributed by atoms with E-state index in [0.29, 0.717) is 0 Å². The third-order valence-corrected chi connectivity index (χ3v) is 6.71. The minimum absolute atomic E-state index is 1.02. The molecule has 2 aromatic rings. The number of benzene rings is 1. The van der Waals surface area contributed by atoms with Crippen molar-refractivity contribution in [2.24, 2.45) is 0 Å². The van der Waals surface area contributed by atoms with E-state index in [9.17, 15) is 0 Å². The Bertz CT molecular complexity index is 915. The molecule has 1 aromatic carbocycles. The van der Waals surface area contributed by atoms with Crippen molar-refractivity contribution in [2.75, 3.05) is 38.3 Å². The van der Waals surface area contributed by atoms with Crippen molar-refractivity contribution in [2.45, 2.75) is 25.8 Å². The fraction of sp³-hybridized carbons (Fsp3) is 0.360. The first-order valence-corrected chi connectivity index (χ1v) is 11.6. The lowest BCUT2D eigenvalue weighted by Gasteiger charge is -2.27. The Hall–Kier alpha value is -2.53. The van der Waals surface area contributed by atoms with Crippen LogP contribution in [-0.2, 0) is 13.0 Å². The van der Waals surface area contributed by atoms with Crippen LogP contribution in [0.3, 0.4) is 0 Å². The zero-order valence-corrected chi connectivity index (χ0v) is 19.3. The number of hydrogen-bond donors (Lipinski definition) is 1. The molecule has 4 nitrogen and oxygen atoms in total. The standard InChI is InChI=1S/C25H33N4S/c1-5-27(3)25(26-2)30-19-7-16-29-17-13-21(14-18-29)9-10-22-11-12-24-23(20-22)8-6-15-28(24)4/h5,9-14,17-18,20H,1,6-8,15-16,19H2,2-4H3/q+1/p+1. The fourth-order valence-electron chi connectivity index (χ4n) is 3.68. The number of rotatable bonds is 7. The molecule has 30 heavy (non-hydrogen) atoms. The minimum atomic E-state index is 1.02. The minimum Gasteiger partial charge on any atom is -0.374 e. The number of thioether (sulfide) groups is 1. The number of amidine groups is 1. The Labute approximate surface area is 185 Å². The van der Waals surface area contributed by atoms with E-state index in [4.69, 9.17) is 0 Å². The molecule has 0 aliphatic carbocycles. The van der Waals surface area contributed by atoms with Crippen LogP contribution in [0.2, 0.25) is 0 Å². The molecule has 158 valence electrons. The molecule has 0 atom stereocenters. The van der Waals surface area contributed by atoms with Crippen LogP contribution in [0.5, 0.6) is 0 Å². The lowest BCUT2D eigenvalue weighted by molar-refractivity contribution is -0.696. The van der Waals surface area contributed by atoms with E-state index in [1.165, 1.54) is 35.2 Å². The van der Waals surface area contributed by atoms with Crippen LogP contribution in [0.1, 0.15) is 29.5 Å². The zero-order valence-electron chi connectivity index (χ0n) is 18.5. The van der Waals surface area contributed by atoms with Gasteiger partial charge in [0.1, 0.15) is 6.54 Å². The van der Waals surface area contributed by atoms with Gasteiger partial charge in [-0.3, -0.25) is 5.32 Å². The number of aryl methyl sites for hydroxylation is 2. The van der Waals surface area contributed by atoms with Gasteiger partial charge < -0.3 is 4.90 Å². The van der Waals surface area contributed by atoms with Crippen molar-refractivity contribution >= 4 is 34.8 Å². The second-order valence-corrected chi connectivity index (χ2v) is 8.75. The molecule has 0 unspecified atom stereocenters. The third-order valence-electron chi connectivity index (χ3n) is 5.45. The molecule has 1 aromatic heterocycles. The van der Waals surface area contributed by atoms with Crippen LogP contribution < -0.4 is 14.8 Å². The normalized spacial score (nSPS) is 14.4. The van der Waals surface area contributed by atoms with Gasteiger partial charge >= 0.3 is 5.17 Å². The highest BCUT2D eigenvalue weighted by molar-refractivity contribution is 8.13. The Morgan fingerprint density at radius 2 is 2.00 bits per heavy atom. The summed E-state index contributed by atoms with van der Waals surface area (Å²) in [5.41, 5.74) is 5.35. The average Bonchev–Trinajstić information content (AvgIpc) is 2.78. The molecule has 0 saturated carbocycles. The summed E-state index contributed by atoms with van der Waals surface area (Å²) in [6.07, 6.45) is 14.1. The third kappa shape index (κ3) is 5.99. The van der Waals surface area contributed by atoms with Crippen LogP contribution in [0.4, 0.5) is 5.69 Å². The van der Waals surface area contributed by atoms with Gasteiger partial charge in [0.25, 0.3) is 0 Å². The highest BCUT2D eigenvalue weighted by Gasteiger charge is 2.13. The van der Waals surface area contributed by atoms with E-state index in [0.717, 1.165) is 30.4 Å². The van der Waals surface area contributed by atoms with Crippen molar-refractivity contribution < 1.29 is 9.14 Å². The maximum absolute atomic E-state index is 3.81. The average molecular weight is 423 g/mol. The first kappa shape index (κ1) is 22.2. The first-order valence-electron chi connectivity index (χ1n) is 10.6. The lowest BCUT2D eigenvalue weighted by atomic mass is 9.99. The van der Waals surface area contributed by atoms with Crippen molar-refractivity contribution in [3.05, 3.63) is 72.2 Å². The Morgan fingerprint density at radius 1 is 1.23 bits per heavy atom. The smallest absolute Gasteiger partial charge is 0.310 e. The predicted octanol–water partition coefficient (Wildman–Crippen LogP) is 4.01. The molecule has 0 amide bonds. The Kier molecular flexibility index (Phi) is 8.14. The van der Waals surface area contributed by atoms with Gasteiger partial charge in [-0.1, -0.05) is 24.8 Å². The Balaban J connectivity index is 1.52. The molecule has 0 spiro atoms. The maximum atomic E-state index is 3.81. The van der Waals surface area contributed by atoms with Crippen molar-refractivity contribution in [1.29, 1.82) is 0 Å². The molecule has 1 aliphatic heterocycles. The summed E-state index contributed by atoms with van der Waals surface area (Å²) in [5, 5.41) is 4.35. The summed E-state index contributed by atoms with van der Waals surface area (Å²) >= 11 is 1.82. The molecule has 0 bridgehead atoms. The van der Waals surface area contributed by atoms with E-state index >= 15 is 0 Å². The largest absolute Gasteiger partial charge is 0.374 e. The molecule has 1 N–H and O–H groups in total. The van der Waals surface area contributed by atoms with Crippen molar-refractivity contribution in [3.8, 4) is 0 Å². The van der Waals surface area contributed by atoms with Gasteiger partial charge in [0.05, 0.1) is 20.3 Å². The summed E-state index contributed by atoms with van der Waals surface area (Å²) in [5.74, 6) is 1.07.